The van der Waals surface area contributed by atoms with E-state index in [4.69, 9.17) is 5.26 Å². The monoisotopic (exact) mass is 282 g/mol. The van der Waals surface area contributed by atoms with Crippen molar-refractivity contribution >= 4 is 15.9 Å². The third-order valence-electron chi connectivity index (χ3n) is 1.33. The summed E-state index contributed by atoms with van der Waals surface area (Å²) in [6, 6.07) is 1.59. The fourth-order valence-corrected chi connectivity index (χ4v) is 1.17. The summed E-state index contributed by atoms with van der Waals surface area (Å²) in [5, 5.41) is 8.45. The number of aromatic amines is 1. The van der Waals surface area contributed by atoms with Gasteiger partial charge in [0.05, 0.1) is 0 Å². The summed E-state index contributed by atoms with van der Waals surface area (Å²) >= 11 is 2.69. The zero-order chi connectivity index (χ0) is 11.6. The number of hydrogen-bond donors (Lipinski definition) is 1. The summed E-state index contributed by atoms with van der Waals surface area (Å²) in [5.74, 6) is -0.923. The maximum absolute atomic E-state index is 11.8. The fourth-order valence-electron chi connectivity index (χ4n) is 0.770. The molecule has 0 aliphatic heterocycles. The molecule has 0 atom stereocenters. The minimum Gasteiger partial charge on any atom is -0.400 e. The quantitative estimate of drug-likeness (QED) is 0.856. The van der Waals surface area contributed by atoms with Gasteiger partial charge in [-0.3, -0.25) is 4.79 Å². The molecule has 0 amide bonds. The largest absolute Gasteiger partial charge is 0.573 e. The van der Waals surface area contributed by atoms with Gasteiger partial charge in [-0.15, -0.1) is 13.2 Å². The molecule has 0 bridgehead atoms. The Hall–Kier alpha value is -1.49. The third kappa shape index (κ3) is 2.73. The summed E-state index contributed by atoms with van der Waals surface area (Å²) < 4.78 is 38.5. The second kappa shape index (κ2) is 3.94. The minimum atomic E-state index is -4.94. The third-order valence-corrected chi connectivity index (χ3v) is 2.08. The van der Waals surface area contributed by atoms with E-state index in [1.54, 1.807) is 6.07 Å². The Morgan fingerprint density at radius 3 is 2.60 bits per heavy atom. The molecule has 4 nitrogen and oxygen atoms in total. The van der Waals surface area contributed by atoms with Gasteiger partial charge in [0.1, 0.15) is 16.2 Å². The van der Waals surface area contributed by atoms with Gasteiger partial charge < -0.3 is 9.72 Å². The standard InChI is InChI=1S/C7H2BrF3N2O2/c8-5-3(1-12)13-2-4(6(5)14)15-7(9,10)11/h2H,(H,13,14). The van der Waals surface area contributed by atoms with Crippen LogP contribution in [0.3, 0.4) is 0 Å². The number of alkyl halides is 3. The smallest absolute Gasteiger partial charge is 0.400 e. The van der Waals surface area contributed by atoms with E-state index in [9.17, 15) is 18.0 Å². The second-order valence-corrected chi connectivity index (χ2v) is 3.12. The maximum atomic E-state index is 11.8. The Bertz CT molecular complexity index is 475. The first-order valence-corrected chi connectivity index (χ1v) is 4.21. The summed E-state index contributed by atoms with van der Waals surface area (Å²) in [6.07, 6.45) is -4.26. The molecule has 1 aromatic rings. The molecule has 1 heterocycles. The molecule has 0 aliphatic rings. The van der Waals surface area contributed by atoms with Crippen LogP contribution in [-0.4, -0.2) is 11.3 Å². The van der Waals surface area contributed by atoms with Crippen molar-refractivity contribution in [3.05, 3.63) is 26.6 Å². The number of nitrogens with one attached hydrogen (secondary N) is 1. The number of halogens is 4. The van der Waals surface area contributed by atoms with Gasteiger partial charge in [0.2, 0.25) is 5.43 Å². The highest BCUT2D eigenvalue weighted by atomic mass is 79.9. The number of aromatic nitrogens is 1. The molecular weight excluding hydrogens is 281 g/mol. The Morgan fingerprint density at radius 2 is 2.13 bits per heavy atom. The topological polar surface area (TPSA) is 65.9 Å². The summed E-state index contributed by atoms with van der Waals surface area (Å²) in [4.78, 5) is 13.4. The molecule has 80 valence electrons. The van der Waals surface area contributed by atoms with Crippen LogP contribution in [-0.2, 0) is 0 Å². The van der Waals surface area contributed by atoms with Crippen LogP contribution >= 0.6 is 15.9 Å². The van der Waals surface area contributed by atoms with Gasteiger partial charge in [0, 0.05) is 6.20 Å². The van der Waals surface area contributed by atoms with E-state index in [1.807, 2.05) is 0 Å². The lowest BCUT2D eigenvalue weighted by Gasteiger charge is -2.08. The molecule has 0 aliphatic carbocycles. The van der Waals surface area contributed by atoms with Crippen molar-refractivity contribution in [1.82, 2.24) is 4.98 Å². The van der Waals surface area contributed by atoms with Crippen molar-refractivity contribution in [2.45, 2.75) is 6.36 Å². The lowest BCUT2D eigenvalue weighted by molar-refractivity contribution is -0.275. The number of nitrogens with zero attached hydrogens (tertiary/aromatic N) is 1. The number of ether oxygens (including phenoxy) is 1. The molecule has 0 aromatic carbocycles. The first-order valence-electron chi connectivity index (χ1n) is 3.42. The van der Waals surface area contributed by atoms with Crippen molar-refractivity contribution in [2.75, 3.05) is 0 Å². The number of rotatable bonds is 1. The highest BCUT2D eigenvalue weighted by molar-refractivity contribution is 9.10. The second-order valence-electron chi connectivity index (χ2n) is 2.33. The van der Waals surface area contributed by atoms with Crippen molar-refractivity contribution in [3.63, 3.8) is 0 Å². The fraction of sp³-hybridized carbons (Fsp3) is 0.143. The van der Waals surface area contributed by atoms with Gasteiger partial charge in [-0.1, -0.05) is 0 Å². The summed E-state index contributed by atoms with van der Waals surface area (Å²) in [5.41, 5.74) is -1.21. The van der Waals surface area contributed by atoms with Gasteiger partial charge in [0.15, 0.2) is 5.75 Å². The Morgan fingerprint density at radius 1 is 1.53 bits per heavy atom. The molecule has 1 aromatic heterocycles. The zero-order valence-electron chi connectivity index (χ0n) is 6.85. The molecule has 8 heteroatoms. The molecule has 1 rings (SSSR count). The van der Waals surface area contributed by atoms with Crippen molar-refractivity contribution in [2.24, 2.45) is 0 Å². The van der Waals surface area contributed by atoms with E-state index in [1.165, 1.54) is 0 Å². The van der Waals surface area contributed by atoms with Crippen molar-refractivity contribution in [1.29, 1.82) is 5.26 Å². The number of nitriles is 1. The van der Waals surface area contributed by atoms with Crippen LogP contribution in [0.5, 0.6) is 5.75 Å². The number of hydrogen-bond acceptors (Lipinski definition) is 3. The molecule has 0 unspecified atom stereocenters. The average Bonchev–Trinajstić information content (AvgIpc) is 2.11. The van der Waals surface area contributed by atoms with E-state index in [-0.39, 0.29) is 10.2 Å². The minimum absolute atomic E-state index is 0.172. The van der Waals surface area contributed by atoms with Crippen LogP contribution in [0, 0.1) is 11.3 Å². The highest BCUT2D eigenvalue weighted by Gasteiger charge is 2.32. The van der Waals surface area contributed by atoms with Gasteiger partial charge >= 0.3 is 6.36 Å². The molecule has 0 spiro atoms. The van der Waals surface area contributed by atoms with E-state index in [0.717, 1.165) is 0 Å². The van der Waals surface area contributed by atoms with Crippen LogP contribution in [0.4, 0.5) is 13.2 Å². The first kappa shape index (κ1) is 11.6. The van der Waals surface area contributed by atoms with Gasteiger partial charge in [-0.05, 0) is 15.9 Å². The van der Waals surface area contributed by atoms with E-state index in [2.05, 4.69) is 25.7 Å². The SMILES string of the molecule is N#Cc1[nH]cc(OC(F)(F)F)c(=O)c1Br. The van der Waals surface area contributed by atoms with Crippen LogP contribution < -0.4 is 10.2 Å². The van der Waals surface area contributed by atoms with Crippen LogP contribution in [0.1, 0.15) is 5.69 Å². The Kier molecular flexibility index (Phi) is 3.04. The zero-order valence-corrected chi connectivity index (χ0v) is 8.44. The maximum Gasteiger partial charge on any atom is 0.573 e. The van der Waals surface area contributed by atoms with Gasteiger partial charge in [0.25, 0.3) is 0 Å². The van der Waals surface area contributed by atoms with Crippen molar-refractivity contribution in [3.8, 4) is 11.8 Å². The number of pyridine rings is 1. The predicted octanol–water partition coefficient (Wildman–Crippen LogP) is 1.91. The van der Waals surface area contributed by atoms with E-state index >= 15 is 0 Å². The Labute approximate surface area is 89.4 Å². The predicted molar refractivity (Wildman–Crippen MR) is 46.2 cm³/mol. The molecule has 0 saturated carbocycles. The van der Waals surface area contributed by atoms with E-state index in [0.29, 0.717) is 6.20 Å². The highest BCUT2D eigenvalue weighted by Crippen LogP contribution is 2.21. The molecule has 0 saturated heterocycles. The van der Waals surface area contributed by atoms with Crippen LogP contribution in [0.2, 0.25) is 0 Å². The van der Waals surface area contributed by atoms with Gasteiger partial charge in [-0.25, -0.2) is 0 Å². The van der Waals surface area contributed by atoms with Crippen molar-refractivity contribution < 1.29 is 17.9 Å². The van der Waals surface area contributed by atoms with Gasteiger partial charge in [-0.2, -0.15) is 5.26 Å². The van der Waals surface area contributed by atoms with Crippen LogP contribution in [0.25, 0.3) is 0 Å². The molecule has 0 fully saturated rings. The first-order chi connectivity index (χ1) is 6.85. The Balaban J connectivity index is 3.21. The normalized spacial score (nSPS) is 10.9. The molecule has 15 heavy (non-hydrogen) atoms. The lowest BCUT2D eigenvalue weighted by atomic mass is 10.3. The molecule has 0 radical (unpaired) electrons. The average molecular weight is 283 g/mol. The molecule has 1 N–H and O–H groups in total. The summed E-state index contributed by atoms with van der Waals surface area (Å²) in [6.45, 7) is 0. The molecular formula is C7H2BrF3N2O2. The van der Waals surface area contributed by atoms with E-state index < -0.39 is 17.5 Å². The lowest BCUT2D eigenvalue weighted by Crippen LogP contribution is -2.22. The number of H-pyrrole nitrogens is 1. The van der Waals surface area contributed by atoms with Crippen LogP contribution in [0.15, 0.2) is 15.5 Å². The summed E-state index contributed by atoms with van der Waals surface area (Å²) in [7, 11) is 0.